The zero-order valence-electron chi connectivity index (χ0n) is 22.3. The lowest BCUT2D eigenvalue weighted by molar-refractivity contribution is -0.321. The van der Waals surface area contributed by atoms with Gasteiger partial charge in [0, 0.05) is 18.0 Å². The predicted octanol–water partition coefficient (Wildman–Crippen LogP) is 2.35. The molecule has 0 spiro atoms. The molecule has 4 N–H and O–H groups in total. The van der Waals surface area contributed by atoms with Crippen LogP contribution >= 0.6 is 0 Å². The molecule has 14 heteroatoms. The topological polar surface area (TPSA) is 152 Å². The molecule has 0 radical (unpaired) electrons. The van der Waals surface area contributed by atoms with Gasteiger partial charge in [0.15, 0.2) is 11.6 Å². The molecule has 2 aromatic rings. The van der Waals surface area contributed by atoms with Gasteiger partial charge in [-0.25, -0.2) is 4.98 Å². The molecule has 2 unspecified atom stereocenters. The van der Waals surface area contributed by atoms with Crippen molar-refractivity contribution in [2.24, 2.45) is 11.8 Å². The summed E-state index contributed by atoms with van der Waals surface area (Å²) in [6.07, 6.45) is -3.30. The Hall–Kier alpha value is -3.94. The Balaban J connectivity index is 1.75. The highest BCUT2D eigenvalue weighted by Crippen LogP contribution is 2.28. The molecule has 40 heavy (non-hydrogen) atoms. The van der Waals surface area contributed by atoms with Gasteiger partial charge in [-0.1, -0.05) is 26.0 Å². The number of ether oxygens (including phenoxy) is 2. The number of alkyl halides is 3. The largest absolute Gasteiger partial charge is 0.522 e. The maximum atomic E-state index is 13.2. The van der Waals surface area contributed by atoms with E-state index in [4.69, 9.17) is 4.74 Å². The summed E-state index contributed by atoms with van der Waals surface area (Å²) in [6, 6.07) is 4.50. The van der Waals surface area contributed by atoms with Crippen molar-refractivity contribution in [2.45, 2.75) is 51.6 Å². The van der Waals surface area contributed by atoms with Gasteiger partial charge < -0.3 is 25.7 Å². The summed E-state index contributed by atoms with van der Waals surface area (Å²) in [4.78, 5) is 57.9. The Morgan fingerprint density at radius 2 is 1.88 bits per heavy atom. The second kappa shape index (κ2) is 13.4. The van der Waals surface area contributed by atoms with Crippen molar-refractivity contribution < 1.29 is 41.8 Å². The van der Waals surface area contributed by atoms with Crippen molar-refractivity contribution >= 4 is 23.5 Å². The molecule has 1 saturated heterocycles. The molecule has 1 aliphatic heterocycles. The fourth-order valence-corrected chi connectivity index (χ4v) is 4.32. The van der Waals surface area contributed by atoms with Crippen molar-refractivity contribution in [2.75, 3.05) is 20.3 Å². The number of hydrogen-bond donors (Lipinski definition) is 4. The van der Waals surface area contributed by atoms with Gasteiger partial charge in [-0.2, -0.15) is 0 Å². The van der Waals surface area contributed by atoms with Crippen LogP contribution in [0.1, 0.15) is 43.7 Å². The van der Waals surface area contributed by atoms with Crippen LogP contribution in [-0.2, 0) is 19.1 Å². The number of hydrogen-bond acceptors (Lipinski definition) is 7. The van der Waals surface area contributed by atoms with Crippen LogP contribution in [0.4, 0.5) is 13.2 Å². The lowest BCUT2D eigenvalue weighted by Gasteiger charge is -2.25. The molecule has 11 nitrogen and oxygen atoms in total. The molecule has 218 valence electrons. The van der Waals surface area contributed by atoms with Gasteiger partial charge in [0.25, 0.3) is 5.91 Å². The highest BCUT2D eigenvalue weighted by molar-refractivity contribution is 5.97. The number of carbonyl (C=O) groups excluding carboxylic acids is 4. The smallest absolute Gasteiger partial charge is 0.496 e. The van der Waals surface area contributed by atoms with E-state index in [2.05, 4.69) is 30.7 Å². The Labute approximate surface area is 228 Å². The fraction of sp³-hybridized carbons (Fsp3) is 0.500. The van der Waals surface area contributed by atoms with Gasteiger partial charge in [-0.3, -0.25) is 23.9 Å². The summed E-state index contributed by atoms with van der Waals surface area (Å²) in [7, 11) is 1.50. The minimum Gasteiger partial charge on any atom is -0.496 e. The average Bonchev–Trinajstić information content (AvgIpc) is 3.55. The molecule has 1 fully saturated rings. The fourth-order valence-electron chi connectivity index (χ4n) is 4.32. The van der Waals surface area contributed by atoms with E-state index in [1.165, 1.54) is 13.3 Å². The van der Waals surface area contributed by atoms with Crippen LogP contribution in [0.3, 0.4) is 0 Å². The van der Waals surface area contributed by atoms with E-state index in [9.17, 15) is 32.3 Å². The first kappa shape index (κ1) is 30.6. The third-order valence-electron chi connectivity index (χ3n) is 6.28. The van der Waals surface area contributed by atoms with Crippen molar-refractivity contribution in [1.29, 1.82) is 0 Å². The van der Waals surface area contributed by atoms with Crippen LogP contribution in [0.5, 0.6) is 5.75 Å². The van der Waals surface area contributed by atoms with Crippen molar-refractivity contribution in [3.05, 3.63) is 36.3 Å². The molecular formula is C26H32F3N5O6. The first-order valence-electron chi connectivity index (χ1n) is 12.7. The molecule has 1 aliphatic rings. The number of rotatable bonds is 13. The summed E-state index contributed by atoms with van der Waals surface area (Å²) in [5, 5.41) is 7.60. The molecule has 1 aromatic carbocycles. The van der Waals surface area contributed by atoms with E-state index in [0.717, 1.165) is 0 Å². The number of ketones is 1. The van der Waals surface area contributed by atoms with E-state index in [-0.39, 0.29) is 30.5 Å². The zero-order chi connectivity index (χ0) is 29.4. The van der Waals surface area contributed by atoms with E-state index < -0.39 is 48.6 Å². The van der Waals surface area contributed by atoms with Gasteiger partial charge in [-0.05, 0) is 37.3 Å². The van der Waals surface area contributed by atoms with Crippen LogP contribution in [0.15, 0.2) is 30.5 Å². The van der Waals surface area contributed by atoms with Crippen molar-refractivity contribution in [3.8, 4) is 17.0 Å². The van der Waals surface area contributed by atoms with Gasteiger partial charge >= 0.3 is 6.36 Å². The van der Waals surface area contributed by atoms with Gasteiger partial charge in [-0.15, -0.1) is 13.2 Å². The maximum Gasteiger partial charge on any atom is 0.522 e. The summed E-state index contributed by atoms with van der Waals surface area (Å²) < 4.78 is 46.6. The number of aromatic amines is 1. The summed E-state index contributed by atoms with van der Waals surface area (Å²) in [5.74, 6) is -3.20. The van der Waals surface area contributed by atoms with E-state index in [1.807, 2.05) is 13.8 Å². The van der Waals surface area contributed by atoms with Crippen LogP contribution < -0.4 is 20.7 Å². The van der Waals surface area contributed by atoms with Crippen LogP contribution in [-0.4, -0.2) is 72.2 Å². The van der Waals surface area contributed by atoms with Crippen molar-refractivity contribution in [3.63, 3.8) is 0 Å². The second-order valence-electron chi connectivity index (χ2n) is 9.78. The normalized spacial score (nSPS) is 16.8. The molecular weight excluding hydrogens is 535 g/mol. The van der Waals surface area contributed by atoms with Gasteiger partial charge in [0.2, 0.25) is 11.8 Å². The minimum atomic E-state index is -5.05. The number of H-pyrrole nitrogens is 1. The van der Waals surface area contributed by atoms with Gasteiger partial charge in [0.1, 0.15) is 18.4 Å². The second-order valence-corrected chi connectivity index (χ2v) is 9.78. The Kier molecular flexibility index (Phi) is 10.3. The number of carbonyl (C=O) groups is 4. The first-order chi connectivity index (χ1) is 18.9. The zero-order valence-corrected chi connectivity index (χ0v) is 22.3. The number of methoxy groups -OCH3 is 1. The SMILES string of the molecule is COc1ccccc1-c1cnc(C(=O)NC(CC(C)C)C(=O)NC(C[C@@H]2CCNC2=O)C(=O)COC(F)(F)F)[nH]1. The maximum absolute atomic E-state index is 13.2. The van der Waals surface area contributed by atoms with Crippen LogP contribution in [0.25, 0.3) is 11.3 Å². The number of benzene rings is 1. The Bertz CT molecular complexity index is 1220. The predicted molar refractivity (Wildman–Crippen MR) is 136 cm³/mol. The number of amides is 3. The number of aromatic nitrogens is 2. The molecule has 0 bridgehead atoms. The third kappa shape index (κ3) is 8.53. The van der Waals surface area contributed by atoms with Crippen molar-refractivity contribution in [1.82, 2.24) is 25.9 Å². The minimum absolute atomic E-state index is 0.0832. The molecule has 3 atom stereocenters. The van der Waals surface area contributed by atoms with Gasteiger partial charge in [0.05, 0.1) is 25.0 Å². The van der Waals surface area contributed by atoms with E-state index >= 15 is 0 Å². The number of nitrogens with zero attached hydrogens (tertiary/aromatic N) is 1. The number of para-hydroxylation sites is 1. The summed E-state index contributed by atoms with van der Waals surface area (Å²) >= 11 is 0. The number of Topliss-reactive ketones (excluding diaryl/α,β-unsaturated/α-hetero) is 1. The monoisotopic (exact) mass is 567 g/mol. The van der Waals surface area contributed by atoms with Crippen LogP contribution in [0.2, 0.25) is 0 Å². The molecule has 1 aromatic heterocycles. The lowest BCUT2D eigenvalue weighted by atomic mass is 9.95. The third-order valence-corrected chi connectivity index (χ3v) is 6.28. The lowest BCUT2D eigenvalue weighted by Crippen LogP contribution is -2.53. The molecule has 0 saturated carbocycles. The van der Waals surface area contributed by atoms with Crippen LogP contribution in [0, 0.1) is 11.8 Å². The summed E-state index contributed by atoms with van der Waals surface area (Å²) in [6.45, 7) is 2.63. The highest BCUT2D eigenvalue weighted by Gasteiger charge is 2.36. The number of nitrogens with one attached hydrogen (secondary N) is 4. The standard InChI is InChI=1S/C26H32F3N5O6/c1-14(2)10-18(34-25(38)22-31-12-19(32-22)16-6-4-5-7-21(16)39-3)24(37)33-17(11-15-8-9-30-23(15)36)20(35)13-40-26(27,28)29/h4-7,12,14-15,17-18H,8-11,13H2,1-3H3,(H,30,36)(H,31,32)(H,33,37)(H,34,38)/t15-,17?,18?/m0/s1. The number of imidazole rings is 1. The quantitative estimate of drug-likeness (QED) is 0.290. The van der Waals surface area contributed by atoms with E-state index in [0.29, 0.717) is 30.0 Å². The molecule has 2 heterocycles. The van der Waals surface area contributed by atoms with E-state index in [1.54, 1.807) is 24.3 Å². The number of halogens is 3. The first-order valence-corrected chi connectivity index (χ1v) is 12.7. The Morgan fingerprint density at radius 3 is 2.50 bits per heavy atom. The molecule has 3 amide bonds. The molecule has 3 rings (SSSR count). The Morgan fingerprint density at radius 1 is 1.15 bits per heavy atom. The average molecular weight is 568 g/mol. The summed E-state index contributed by atoms with van der Waals surface area (Å²) in [5.41, 5.74) is 1.16. The molecule has 0 aliphatic carbocycles. The highest BCUT2D eigenvalue weighted by atomic mass is 19.4.